The molecule has 0 radical (unpaired) electrons. The zero-order valence-corrected chi connectivity index (χ0v) is 13.7. The molecule has 3 rings (SSSR count). The molecule has 0 aliphatic rings. The number of carbonyl (C=O) groups is 1. The van der Waals surface area contributed by atoms with E-state index >= 15 is 0 Å². The lowest BCUT2D eigenvalue weighted by Gasteiger charge is -2.18. The lowest BCUT2D eigenvalue weighted by molar-refractivity contribution is 0.0989. The van der Waals surface area contributed by atoms with E-state index in [1.54, 1.807) is 6.08 Å². The number of hydrogen-bond acceptors (Lipinski definition) is 3. The maximum Gasteiger partial charge on any atom is 0.260 e. The van der Waals surface area contributed by atoms with Gasteiger partial charge < -0.3 is 0 Å². The Morgan fingerprint density at radius 3 is 2.54 bits per heavy atom. The molecule has 0 fully saturated rings. The lowest BCUT2D eigenvalue weighted by atomic mass is 10.2. The summed E-state index contributed by atoms with van der Waals surface area (Å²) in [7, 11) is 0. The fraction of sp³-hybridized carbons (Fsp3) is 0.0526. The molecule has 0 unspecified atom stereocenters. The molecule has 5 heteroatoms. The van der Waals surface area contributed by atoms with E-state index in [4.69, 9.17) is 0 Å². The van der Waals surface area contributed by atoms with Gasteiger partial charge in [0.05, 0.1) is 5.69 Å². The molecule has 24 heavy (non-hydrogen) atoms. The van der Waals surface area contributed by atoms with E-state index in [9.17, 15) is 9.18 Å². The summed E-state index contributed by atoms with van der Waals surface area (Å²) in [5, 5.41) is 2.50. The summed E-state index contributed by atoms with van der Waals surface area (Å²) < 4.78 is 13.1. The van der Waals surface area contributed by atoms with Gasteiger partial charge in [0.2, 0.25) is 0 Å². The summed E-state index contributed by atoms with van der Waals surface area (Å²) in [5.41, 5.74) is 2.22. The highest BCUT2D eigenvalue weighted by molar-refractivity contribution is 7.14. The normalized spacial score (nSPS) is 10.4. The Labute approximate surface area is 143 Å². The molecule has 0 aliphatic heterocycles. The topological polar surface area (TPSA) is 33.2 Å². The van der Waals surface area contributed by atoms with Crippen LogP contribution in [0.4, 0.5) is 9.52 Å². The van der Waals surface area contributed by atoms with Crippen LogP contribution in [-0.2, 0) is 0 Å². The van der Waals surface area contributed by atoms with Crippen molar-refractivity contribution < 1.29 is 9.18 Å². The van der Waals surface area contributed by atoms with Gasteiger partial charge in [0.1, 0.15) is 5.82 Å². The molecular weight excluding hydrogens is 323 g/mol. The standard InChI is InChI=1S/C19H15FN2OS/c1-2-12-22(18(23)15-8-10-16(20)11-9-15)19-21-17(13-24-19)14-6-4-3-5-7-14/h2-11,13H,1,12H2. The SMILES string of the molecule is C=CCN(C(=O)c1ccc(F)cc1)c1nc(-c2ccccc2)cs1. The van der Waals surface area contributed by atoms with Crippen LogP contribution in [0.3, 0.4) is 0 Å². The molecule has 0 saturated carbocycles. The number of benzene rings is 2. The number of hydrogen-bond donors (Lipinski definition) is 0. The van der Waals surface area contributed by atoms with Gasteiger partial charge in [-0.3, -0.25) is 9.69 Å². The monoisotopic (exact) mass is 338 g/mol. The van der Waals surface area contributed by atoms with E-state index in [0.29, 0.717) is 17.2 Å². The van der Waals surface area contributed by atoms with Crippen LogP contribution in [0.15, 0.2) is 72.6 Å². The zero-order valence-electron chi connectivity index (χ0n) is 12.9. The van der Waals surface area contributed by atoms with E-state index in [-0.39, 0.29) is 11.7 Å². The van der Waals surface area contributed by atoms with Crippen LogP contribution in [0.5, 0.6) is 0 Å². The third-order valence-electron chi connectivity index (χ3n) is 3.44. The van der Waals surface area contributed by atoms with E-state index < -0.39 is 0 Å². The Bertz CT molecular complexity index is 843. The number of nitrogens with zero attached hydrogens (tertiary/aromatic N) is 2. The number of anilines is 1. The second kappa shape index (κ2) is 7.19. The van der Waals surface area contributed by atoms with Crippen molar-refractivity contribution in [3.8, 4) is 11.3 Å². The summed E-state index contributed by atoms with van der Waals surface area (Å²) in [6.07, 6.45) is 1.64. The average Bonchev–Trinajstić information content (AvgIpc) is 3.10. The summed E-state index contributed by atoms with van der Waals surface area (Å²) in [6.45, 7) is 4.04. The van der Waals surface area contributed by atoms with Crippen LogP contribution < -0.4 is 4.90 Å². The van der Waals surface area contributed by atoms with Gasteiger partial charge in [-0.15, -0.1) is 17.9 Å². The van der Waals surface area contributed by atoms with Crippen LogP contribution in [0, 0.1) is 5.82 Å². The maximum absolute atomic E-state index is 13.1. The zero-order chi connectivity index (χ0) is 16.9. The summed E-state index contributed by atoms with van der Waals surface area (Å²) in [5.74, 6) is -0.605. The van der Waals surface area contributed by atoms with Crippen molar-refractivity contribution in [1.29, 1.82) is 0 Å². The third kappa shape index (κ3) is 3.41. The van der Waals surface area contributed by atoms with Crippen molar-refractivity contribution in [2.75, 3.05) is 11.4 Å². The quantitative estimate of drug-likeness (QED) is 0.627. The molecule has 0 atom stereocenters. The highest BCUT2D eigenvalue weighted by Crippen LogP contribution is 2.28. The summed E-state index contributed by atoms with van der Waals surface area (Å²) >= 11 is 1.39. The second-order valence-electron chi connectivity index (χ2n) is 5.09. The van der Waals surface area contributed by atoms with Crippen molar-refractivity contribution >= 4 is 22.4 Å². The Balaban J connectivity index is 1.91. The highest BCUT2D eigenvalue weighted by Gasteiger charge is 2.20. The number of halogens is 1. The van der Waals surface area contributed by atoms with Crippen molar-refractivity contribution in [2.45, 2.75) is 0 Å². The van der Waals surface area contributed by atoms with Crippen molar-refractivity contribution in [3.05, 3.63) is 84.0 Å². The van der Waals surface area contributed by atoms with Gasteiger partial charge in [0, 0.05) is 23.1 Å². The van der Waals surface area contributed by atoms with Gasteiger partial charge in [0.25, 0.3) is 5.91 Å². The van der Waals surface area contributed by atoms with Crippen LogP contribution in [0.25, 0.3) is 11.3 Å². The molecule has 0 bridgehead atoms. The lowest BCUT2D eigenvalue weighted by Crippen LogP contribution is -2.30. The smallest absolute Gasteiger partial charge is 0.260 e. The number of thiazole rings is 1. The highest BCUT2D eigenvalue weighted by atomic mass is 32.1. The van der Waals surface area contributed by atoms with E-state index in [1.807, 2.05) is 35.7 Å². The molecule has 0 spiro atoms. The molecule has 0 N–H and O–H groups in total. The van der Waals surface area contributed by atoms with Gasteiger partial charge >= 0.3 is 0 Å². The fourth-order valence-electron chi connectivity index (χ4n) is 2.26. The number of amides is 1. The molecule has 2 aromatic carbocycles. The van der Waals surface area contributed by atoms with Gasteiger partial charge in [-0.2, -0.15) is 0 Å². The first kappa shape index (κ1) is 16.1. The molecule has 0 aliphatic carbocycles. The van der Waals surface area contributed by atoms with Gasteiger partial charge in [-0.1, -0.05) is 36.4 Å². The molecule has 120 valence electrons. The van der Waals surface area contributed by atoms with Crippen molar-refractivity contribution in [1.82, 2.24) is 4.98 Å². The van der Waals surface area contributed by atoms with Gasteiger partial charge in [0.15, 0.2) is 5.13 Å². The molecule has 1 amide bonds. The van der Waals surface area contributed by atoms with Gasteiger partial charge in [-0.25, -0.2) is 9.37 Å². The molecule has 3 aromatic rings. The van der Waals surface area contributed by atoms with E-state index in [2.05, 4.69) is 11.6 Å². The summed E-state index contributed by atoms with van der Waals surface area (Å²) in [6, 6.07) is 15.3. The predicted octanol–water partition coefficient (Wildman–Crippen LogP) is 4.78. The third-order valence-corrected chi connectivity index (χ3v) is 4.30. The summed E-state index contributed by atoms with van der Waals surface area (Å²) in [4.78, 5) is 18.8. The number of rotatable bonds is 5. The first-order chi connectivity index (χ1) is 11.7. The average molecular weight is 338 g/mol. The molecule has 3 nitrogen and oxygen atoms in total. The Hall–Kier alpha value is -2.79. The minimum Gasteiger partial charge on any atom is -0.280 e. The molecular formula is C19H15FN2OS. The van der Waals surface area contributed by atoms with Crippen molar-refractivity contribution in [3.63, 3.8) is 0 Å². The first-order valence-electron chi connectivity index (χ1n) is 7.38. The van der Waals surface area contributed by atoms with Gasteiger partial charge in [-0.05, 0) is 24.3 Å². The Morgan fingerprint density at radius 2 is 1.88 bits per heavy atom. The predicted molar refractivity (Wildman–Crippen MR) is 95.8 cm³/mol. The molecule has 1 aromatic heterocycles. The minimum atomic E-state index is -0.373. The van der Waals surface area contributed by atoms with E-state index in [1.165, 1.54) is 40.5 Å². The van der Waals surface area contributed by atoms with Crippen LogP contribution in [0.2, 0.25) is 0 Å². The van der Waals surface area contributed by atoms with Crippen LogP contribution >= 0.6 is 11.3 Å². The molecule has 1 heterocycles. The number of aromatic nitrogens is 1. The fourth-order valence-corrected chi connectivity index (χ4v) is 3.10. The Kier molecular flexibility index (Phi) is 4.82. The maximum atomic E-state index is 13.1. The van der Waals surface area contributed by atoms with E-state index in [0.717, 1.165) is 11.3 Å². The molecule has 0 saturated heterocycles. The Morgan fingerprint density at radius 1 is 1.17 bits per heavy atom. The van der Waals surface area contributed by atoms with Crippen LogP contribution in [-0.4, -0.2) is 17.4 Å². The van der Waals surface area contributed by atoms with Crippen molar-refractivity contribution in [2.24, 2.45) is 0 Å². The van der Waals surface area contributed by atoms with Crippen LogP contribution in [0.1, 0.15) is 10.4 Å². The number of carbonyl (C=O) groups excluding carboxylic acids is 1. The minimum absolute atomic E-state index is 0.233. The first-order valence-corrected chi connectivity index (χ1v) is 8.26. The largest absolute Gasteiger partial charge is 0.280 e. The second-order valence-corrected chi connectivity index (χ2v) is 5.93.